The fourth-order valence-electron chi connectivity index (χ4n) is 2.79. The van der Waals surface area contributed by atoms with Crippen molar-refractivity contribution in [3.05, 3.63) is 70.8 Å². The molecule has 0 aliphatic carbocycles. The first-order valence-electron chi connectivity index (χ1n) is 9.34. The minimum absolute atomic E-state index is 0.0674. The molecule has 6 nitrogen and oxygen atoms in total. The van der Waals surface area contributed by atoms with E-state index in [1.807, 2.05) is 12.1 Å². The number of nitrogens with two attached hydrogens (primary N) is 1. The maximum absolute atomic E-state index is 14.2. The Hall–Kier alpha value is -3.23. The van der Waals surface area contributed by atoms with Crippen LogP contribution in [0.5, 0.6) is 17.5 Å². The predicted molar refractivity (Wildman–Crippen MR) is 111 cm³/mol. The lowest BCUT2D eigenvalue weighted by molar-refractivity contribution is -0.145. The highest BCUT2D eigenvalue weighted by Crippen LogP contribution is 2.31. The number of nitrogens with zero attached hydrogens (tertiary/aromatic N) is 1. The van der Waals surface area contributed by atoms with E-state index in [1.165, 1.54) is 0 Å². The second-order valence-electron chi connectivity index (χ2n) is 6.56. The molecule has 1 aromatic heterocycles. The lowest BCUT2D eigenvalue weighted by Gasteiger charge is -2.14. The number of carbonyl (C=O) groups is 1. The van der Waals surface area contributed by atoms with Crippen molar-refractivity contribution in [3.8, 4) is 28.6 Å². The van der Waals surface area contributed by atoms with Gasteiger partial charge in [-0.3, -0.25) is 0 Å². The normalized spacial score (nSPS) is 11.8. The fourth-order valence-corrected chi connectivity index (χ4v) is 2.99. The summed E-state index contributed by atoms with van der Waals surface area (Å²) in [5.74, 6) is -4.46. The quantitative estimate of drug-likeness (QED) is 0.493. The fraction of sp³-hybridized carbons (Fsp3) is 0.182. The maximum Gasteiger partial charge on any atom is 0.344 e. The van der Waals surface area contributed by atoms with Gasteiger partial charge < -0.3 is 20.3 Å². The SMILES string of the molecule is CCC(Oc1nc(Oc2cccc(-c3ccc(Cl)c(CN)c3)c2)c(F)cc1F)C(=O)O. The summed E-state index contributed by atoms with van der Waals surface area (Å²) in [4.78, 5) is 14.8. The Kier molecular flexibility index (Phi) is 7.04. The van der Waals surface area contributed by atoms with Crippen molar-refractivity contribution in [3.63, 3.8) is 0 Å². The molecule has 0 amide bonds. The summed E-state index contributed by atoms with van der Waals surface area (Å²) in [5, 5.41) is 9.63. The number of rotatable bonds is 8. The Bertz CT molecular complexity index is 1110. The highest BCUT2D eigenvalue weighted by molar-refractivity contribution is 6.31. The first-order chi connectivity index (χ1) is 14.8. The van der Waals surface area contributed by atoms with Crippen LogP contribution in [-0.2, 0) is 11.3 Å². The molecule has 162 valence electrons. The summed E-state index contributed by atoms with van der Waals surface area (Å²) in [5.41, 5.74) is 8.03. The summed E-state index contributed by atoms with van der Waals surface area (Å²) in [6, 6.07) is 12.6. The molecule has 0 fully saturated rings. The van der Waals surface area contributed by atoms with E-state index in [0.717, 1.165) is 16.7 Å². The van der Waals surface area contributed by atoms with Crippen molar-refractivity contribution in [2.45, 2.75) is 26.0 Å². The average molecular weight is 449 g/mol. The summed E-state index contributed by atoms with van der Waals surface area (Å²) in [6.45, 7) is 1.82. The number of aliphatic carboxylic acids is 1. The summed E-state index contributed by atoms with van der Waals surface area (Å²) in [7, 11) is 0. The third-order valence-corrected chi connectivity index (χ3v) is 4.78. The molecule has 0 saturated carbocycles. The molecule has 0 bridgehead atoms. The van der Waals surface area contributed by atoms with Gasteiger partial charge >= 0.3 is 5.97 Å². The zero-order chi connectivity index (χ0) is 22.5. The number of aromatic nitrogens is 1. The third-order valence-electron chi connectivity index (χ3n) is 4.41. The van der Waals surface area contributed by atoms with Crippen molar-refractivity contribution in [2.75, 3.05) is 0 Å². The van der Waals surface area contributed by atoms with E-state index < -0.39 is 35.5 Å². The molecule has 31 heavy (non-hydrogen) atoms. The van der Waals surface area contributed by atoms with Gasteiger partial charge in [-0.25, -0.2) is 13.6 Å². The van der Waals surface area contributed by atoms with Gasteiger partial charge in [0.15, 0.2) is 17.7 Å². The Balaban J connectivity index is 1.90. The van der Waals surface area contributed by atoms with Gasteiger partial charge in [0.1, 0.15) is 5.75 Å². The van der Waals surface area contributed by atoms with Crippen LogP contribution in [0.15, 0.2) is 48.5 Å². The summed E-state index contributed by atoms with van der Waals surface area (Å²) < 4.78 is 38.8. The molecule has 1 unspecified atom stereocenters. The largest absolute Gasteiger partial charge is 0.479 e. The molecule has 2 aromatic carbocycles. The first kappa shape index (κ1) is 22.5. The van der Waals surface area contributed by atoms with Crippen LogP contribution in [0.4, 0.5) is 8.78 Å². The zero-order valence-electron chi connectivity index (χ0n) is 16.4. The van der Waals surface area contributed by atoms with Crippen molar-refractivity contribution in [1.82, 2.24) is 4.98 Å². The van der Waals surface area contributed by atoms with Crippen LogP contribution in [-0.4, -0.2) is 22.2 Å². The number of hydrogen-bond acceptors (Lipinski definition) is 5. The minimum Gasteiger partial charge on any atom is -0.479 e. The van der Waals surface area contributed by atoms with E-state index in [4.69, 9.17) is 31.9 Å². The van der Waals surface area contributed by atoms with Crippen LogP contribution >= 0.6 is 11.6 Å². The molecule has 0 aliphatic rings. The second-order valence-corrected chi connectivity index (χ2v) is 6.96. The highest BCUT2D eigenvalue weighted by Gasteiger charge is 2.22. The highest BCUT2D eigenvalue weighted by atomic mass is 35.5. The zero-order valence-corrected chi connectivity index (χ0v) is 17.2. The van der Waals surface area contributed by atoms with E-state index >= 15 is 0 Å². The van der Waals surface area contributed by atoms with Gasteiger partial charge in [-0.15, -0.1) is 0 Å². The lowest BCUT2D eigenvalue weighted by Crippen LogP contribution is -2.26. The Labute approximate surface area is 182 Å². The molecule has 1 atom stereocenters. The standard InChI is InChI=1S/C22H19ClF2N2O4/c1-2-19(22(28)29)31-21-18(25)10-17(24)20(27-21)30-15-5-3-4-12(9-15)13-6-7-16(23)14(8-13)11-26/h3-10,19H,2,11,26H2,1H3,(H,28,29). The molecular weight excluding hydrogens is 430 g/mol. The molecule has 0 aliphatic heterocycles. The van der Waals surface area contributed by atoms with Crippen LogP contribution in [0.2, 0.25) is 5.02 Å². The molecule has 0 spiro atoms. The van der Waals surface area contributed by atoms with Gasteiger partial charge in [0.25, 0.3) is 11.8 Å². The molecule has 3 rings (SSSR count). The van der Waals surface area contributed by atoms with E-state index in [0.29, 0.717) is 11.1 Å². The number of ether oxygens (including phenoxy) is 2. The summed E-state index contributed by atoms with van der Waals surface area (Å²) in [6.07, 6.45) is -1.26. The molecular formula is C22H19ClF2N2O4. The minimum atomic E-state index is -1.33. The number of benzene rings is 2. The third kappa shape index (κ3) is 5.28. The molecule has 0 saturated heterocycles. The van der Waals surface area contributed by atoms with Gasteiger partial charge in [0, 0.05) is 17.6 Å². The van der Waals surface area contributed by atoms with Crippen LogP contribution in [0.25, 0.3) is 11.1 Å². The predicted octanol–water partition coefficient (Wildman–Crippen LogP) is 5.17. The Morgan fingerprint density at radius 2 is 1.84 bits per heavy atom. The number of carboxylic acids is 1. The Morgan fingerprint density at radius 1 is 1.13 bits per heavy atom. The van der Waals surface area contributed by atoms with Gasteiger partial charge in [-0.1, -0.05) is 36.7 Å². The van der Waals surface area contributed by atoms with Crippen molar-refractivity contribution < 1.29 is 28.2 Å². The van der Waals surface area contributed by atoms with E-state index in [-0.39, 0.29) is 18.7 Å². The number of pyridine rings is 1. The number of halogens is 3. The first-order valence-corrected chi connectivity index (χ1v) is 9.72. The van der Waals surface area contributed by atoms with Crippen LogP contribution in [0.3, 0.4) is 0 Å². The molecule has 0 radical (unpaired) electrons. The van der Waals surface area contributed by atoms with E-state index in [2.05, 4.69) is 4.98 Å². The van der Waals surface area contributed by atoms with Crippen molar-refractivity contribution in [1.29, 1.82) is 0 Å². The van der Waals surface area contributed by atoms with Gasteiger partial charge in [-0.2, -0.15) is 4.98 Å². The number of carboxylic acid groups (broad SMARTS) is 1. The van der Waals surface area contributed by atoms with Crippen LogP contribution in [0.1, 0.15) is 18.9 Å². The summed E-state index contributed by atoms with van der Waals surface area (Å²) >= 11 is 6.10. The molecule has 1 heterocycles. The lowest BCUT2D eigenvalue weighted by atomic mass is 10.0. The van der Waals surface area contributed by atoms with E-state index in [9.17, 15) is 13.6 Å². The maximum atomic E-state index is 14.2. The topological polar surface area (TPSA) is 94.7 Å². The van der Waals surface area contributed by atoms with E-state index in [1.54, 1.807) is 37.3 Å². The van der Waals surface area contributed by atoms with Crippen LogP contribution in [0, 0.1) is 11.6 Å². The van der Waals surface area contributed by atoms with Crippen molar-refractivity contribution >= 4 is 17.6 Å². The monoisotopic (exact) mass is 448 g/mol. The van der Waals surface area contributed by atoms with Gasteiger partial charge in [-0.05, 0) is 47.4 Å². The Morgan fingerprint density at radius 3 is 2.52 bits per heavy atom. The van der Waals surface area contributed by atoms with Gasteiger partial charge in [0.2, 0.25) is 0 Å². The smallest absolute Gasteiger partial charge is 0.344 e. The van der Waals surface area contributed by atoms with Crippen LogP contribution < -0.4 is 15.2 Å². The number of hydrogen-bond donors (Lipinski definition) is 2. The second kappa shape index (κ2) is 9.72. The molecule has 9 heteroatoms. The van der Waals surface area contributed by atoms with Gasteiger partial charge in [0.05, 0.1) is 0 Å². The molecule has 3 aromatic rings. The average Bonchev–Trinajstić information content (AvgIpc) is 2.75. The molecule has 3 N–H and O–H groups in total. The van der Waals surface area contributed by atoms with Crippen molar-refractivity contribution in [2.24, 2.45) is 5.73 Å².